The van der Waals surface area contributed by atoms with Crippen LogP contribution < -0.4 is 11.1 Å². The minimum Gasteiger partial charge on any atom is -0.371 e. The largest absolute Gasteiger partial charge is 0.371 e. The topological polar surface area (TPSA) is 55.1 Å². The summed E-state index contributed by atoms with van der Waals surface area (Å²) in [6, 6.07) is 0. The molecule has 14 heavy (non-hydrogen) atoms. The number of thiocarbonyl (C=S) groups is 1. The van der Waals surface area contributed by atoms with E-state index in [1.807, 2.05) is 0 Å². The normalized spacial score (nSPS) is 9.79. The molecule has 0 spiro atoms. The number of nitrogens with two attached hydrogens (primary N) is 1. The Morgan fingerprint density at radius 3 is 2.50 bits per heavy atom. The van der Waals surface area contributed by atoms with Crippen LogP contribution in [0.3, 0.4) is 0 Å². The van der Waals surface area contributed by atoms with Crippen LogP contribution in [0.1, 0.15) is 45.4 Å². The maximum atomic E-state index is 10.4. The molecule has 82 valence electrons. The van der Waals surface area contributed by atoms with Crippen molar-refractivity contribution in [2.45, 2.75) is 45.4 Å². The first-order valence-corrected chi connectivity index (χ1v) is 5.62. The highest BCUT2D eigenvalue weighted by molar-refractivity contribution is 7.80. The number of amides is 1. The van der Waals surface area contributed by atoms with Gasteiger partial charge in [-0.1, -0.05) is 44.8 Å². The lowest BCUT2D eigenvalue weighted by Crippen LogP contribution is -2.32. The van der Waals surface area contributed by atoms with Crippen molar-refractivity contribution in [1.82, 2.24) is 5.32 Å². The molecule has 3 N–H and O–H groups in total. The van der Waals surface area contributed by atoms with Gasteiger partial charge in [0.1, 0.15) is 0 Å². The number of carbonyl (C=O) groups excluding carboxylic acids is 1. The second-order valence-electron chi connectivity index (χ2n) is 3.41. The lowest BCUT2D eigenvalue weighted by Gasteiger charge is -2.05. The van der Waals surface area contributed by atoms with Crippen LogP contribution in [0.4, 0.5) is 0 Å². The Morgan fingerprint density at radius 2 is 1.93 bits per heavy atom. The molecule has 0 unspecified atom stereocenters. The van der Waals surface area contributed by atoms with Crippen molar-refractivity contribution < 1.29 is 4.79 Å². The molecule has 0 saturated carbocycles. The maximum Gasteiger partial charge on any atom is 0.236 e. The van der Waals surface area contributed by atoms with Gasteiger partial charge in [-0.25, -0.2) is 0 Å². The quantitative estimate of drug-likeness (QED) is 0.480. The molecule has 4 heteroatoms. The van der Waals surface area contributed by atoms with Crippen LogP contribution in [0, 0.1) is 0 Å². The summed E-state index contributed by atoms with van der Waals surface area (Å²) in [4.78, 5) is 11.2. The van der Waals surface area contributed by atoms with Crippen molar-refractivity contribution in [3.05, 3.63) is 0 Å². The molecule has 1 amide bonds. The Labute approximate surface area is 91.4 Å². The third-order valence-corrected chi connectivity index (χ3v) is 2.32. The molecule has 0 aliphatic carbocycles. The third kappa shape index (κ3) is 9.45. The van der Waals surface area contributed by atoms with E-state index in [2.05, 4.69) is 12.2 Å². The summed E-state index contributed by atoms with van der Waals surface area (Å²) in [5.41, 5.74) is 4.97. The molecule has 0 fully saturated rings. The van der Waals surface area contributed by atoms with Gasteiger partial charge in [-0.05, 0) is 12.8 Å². The van der Waals surface area contributed by atoms with E-state index in [4.69, 9.17) is 18.0 Å². The zero-order valence-electron chi connectivity index (χ0n) is 8.84. The van der Waals surface area contributed by atoms with Crippen molar-refractivity contribution in [1.29, 1.82) is 0 Å². The molecule has 0 saturated heterocycles. The Bertz CT molecular complexity index is 183. The number of hydrogen-bond acceptors (Lipinski definition) is 2. The van der Waals surface area contributed by atoms with Crippen molar-refractivity contribution in [3.63, 3.8) is 0 Å². The summed E-state index contributed by atoms with van der Waals surface area (Å²) in [7, 11) is 0. The zero-order chi connectivity index (χ0) is 10.8. The highest BCUT2D eigenvalue weighted by atomic mass is 32.1. The Hall–Kier alpha value is -0.640. The van der Waals surface area contributed by atoms with E-state index in [1.54, 1.807) is 0 Å². The first kappa shape index (κ1) is 13.4. The van der Waals surface area contributed by atoms with Crippen LogP contribution in [0.25, 0.3) is 0 Å². The number of primary amides is 1. The number of hydrogen-bond donors (Lipinski definition) is 2. The predicted octanol–water partition coefficient (Wildman–Crippen LogP) is 1.75. The smallest absolute Gasteiger partial charge is 0.236 e. The van der Waals surface area contributed by atoms with Gasteiger partial charge in [0, 0.05) is 0 Å². The molecule has 0 heterocycles. The van der Waals surface area contributed by atoms with Gasteiger partial charge < -0.3 is 11.1 Å². The van der Waals surface area contributed by atoms with Crippen LogP contribution in [0.15, 0.2) is 0 Å². The van der Waals surface area contributed by atoms with Crippen molar-refractivity contribution in [2.24, 2.45) is 5.73 Å². The average Bonchev–Trinajstić information content (AvgIpc) is 2.14. The predicted molar refractivity (Wildman–Crippen MR) is 63.2 cm³/mol. The van der Waals surface area contributed by atoms with E-state index in [-0.39, 0.29) is 12.5 Å². The molecule has 0 aliphatic rings. The molecule has 0 aromatic carbocycles. The Balaban J connectivity index is 3.22. The first-order valence-electron chi connectivity index (χ1n) is 5.21. The minimum atomic E-state index is -0.363. The van der Waals surface area contributed by atoms with E-state index in [1.165, 1.54) is 25.7 Å². The summed E-state index contributed by atoms with van der Waals surface area (Å²) < 4.78 is 0. The van der Waals surface area contributed by atoms with E-state index in [0.717, 1.165) is 17.8 Å². The summed E-state index contributed by atoms with van der Waals surface area (Å²) in [6.07, 6.45) is 7.00. The standard InChI is InChI=1S/C10H20N2OS/c1-2-3-4-5-6-7-10(14)12-8-9(11)13/h2-8H2,1H3,(H2,11,13)(H,12,14). The molecule has 3 nitrogen and oxygen atoms in total. The van der Waals surface area contributed by atoms with Crippen molar-refractivity contribution in [3.8, 4) is 0 Å². The van der Waals surface area contributed by atoms with Crippen LogP contribution in [-0.4, -0.2) is 17.4 Å². The number of nitrogens with one attached hydrogen (secondary N) is 1. The van der Waals surface area contributed by atoms with Gasteiger partial charge in [0.25, 0.3) is 0 Å². The second-order valence-corrected chi connectivity index (χ2v) is 3.90. The van der Waals surface area contributed by atoms with Gasteiger partial charge in [-0.3, -0.25) is 4.79 Å². The van der Waals surface area contributed by atoms with Crippen LogP contribution in [0.2, 0.25) is 0 Å². The Morgan fingerprint density at radius 1 is 1.29 bits per heavy atom. The summed E-state index contributed by atoms with van der Waals surface area (Å²) in [5, 5.41) is 2.83. The zero-order valence-corrected chi connectivity index (χ0v) is 9.66. The Kier molecular flexibility index (Phi) is 8.53. The van der Waals surface area contributed by atoms with Crippen molar-refractivity contribution in [2.75, 3.05) is 6.54 Å². The molecular formula is C10H20N2OS. The molecule has 0 bridgehead atoms. The lowest BCUT2D eigenvalue weighted by molar-refractivity contribution is -0.116. The summed E-state index contributed by atoms with van der Waals surface area (Å²) in [6.45, 7) is 2.35. The highest BCUT2D eigenvalue weighted by Gasteiger charge is 1.98. The molecule has 0 aliphatic heterocycles. The first-order chi connectivity index (χ1) is 6.66. The molecule has 0 radical (unpaired) electrons. The highest BCUT2D eigenvalue weighted by Crippen LogP contribution is 2.04. The van der Waals surface area contributed by atoms with Gasteiger partial charge in [0.15, 0.2) is 0 Å². The van der Waals surface area contributed by atoms with E-state index in [0.29, 0.717) is 0 Å². The van der Waals surface area contributed by atoms with E-state index >= 15 is 0 Å². The van der Waals surface area contributed by atoms with Crippen LogP contribution in [-0.2, 0) is 4.79 Å². The van der Waals surface area contributed by atoms with Gasteiger partial charge in [0.05, 0.1) is 11.5 Å². The summed E-state index contributed by atoms with van der Waals surface area (Å²) in [5.74, 6) is -0.363. The average molecular weight is 216 g/mol. The van der Waals surface area contributed by atoms with E-state index in [9.17, 15) is 4.79 Å². The van der Waals surface area contributed by atoms with Crippen LogP contribution >= 0.6 is 12.2 Å². The number of rotatable bonds is 8. The molecular weight excluding hydrogens is 196 g/mol. The second kappa shape index (κ2) is 8.94. The fraction of sp³-hybridized carbons (Fsp3) is 0.800. The number of unbranched alkanes of at least 4 members (excludes halogenated alkanes) is 4. The fourth-order valence-corrected chi connectivity index (χ4v) is 1.38. The minimum absolute atomic E-state index is 0.161. The SMILES string of the molecule is CCCCCCCC(=S)NCC(N)=O. The lowest BCUT2D eigenvalue weighted by atomic mass is 10.1. The summed E-state index contributed by atoms with van der Waals surface area (Å²) >= 11 is 5.03. The van der Waals surface area contributed by atoms with Gasteiger partial charge in [0.2, 0.25) is 5.91 Å². The molecule has 0 atom stereocenters. The monoisotopic (exact) mass is 216 g/mol. The number of carbonyl (C=O) groups is 1. The molecule has 0 aromatic rings. The van der Waals surface area contributed by atoms with Gasteiger partial charge in [-0.2, -0.15) is 0 Å². The van der Waals surface area contributed by atoms with E-state index < -0.39 is 0 Å². The fourth-order valence-electron chi connectivity index (χ4n) is 1.16. The molecule has 0 aromatic heterocycles. The maximum absolute atomic E-state index is 10.4. The molecule has 0 rings (SSSR count). The van der Waals surface area contributed by atoms with Gasteiger partial charge >= 0.3 is 0 Å². The van der Waals surface area contributed by atoms with Crippen molar-refractivity contribution >= 4 is 23.1 Å². The van der Waals surface area contributed by atoms with Crippen LogP contribution in [0.5, 0.6) is 0 Å². The third-order valence-electron chi connectivity index (χ3n) is 1.97. The van der Waals surface area contributed by atoms with Gasteiger partial charge in [-0.15, -0.1) is 0 Å².